The maximum Gasteiger partial charge on any atom is 0.220 e. The molecule has 168 valence electrons. The van der Waals surface area contributed by atoms with Crippen molar-refractivity contribution in [3.63, 3.8) is 0 Å². The summed E-state index contributed by atoms with van der Waals surface area (Å²) in [5.41, 5.74) is 1.18. The van der Waals surface area contributed by atoms with Crippen LogP contribution in [0.1, 0.15) is 56.9 Å². The largest absolute Gasteiger partial charge is 0.392 e. The number of allylic oxidation sites excluding steroid dienone is 3. The lowest BCUT2D eigenvalue weighted by molar-refractivity contribution is -0.121. The summed E-state index contributed by atoms with van der Waals surface area (Å²) in [6.45, 7) is 0. The van der Waals surface area contributed by atoms with Gasteiger partial charge in [-0.05, 0) is 50.5 Å². The minimum atomic E-state index is -0.641. The number of unbranched alkanes of at least 4 members (excludes halogenated alkanes) is 1. The summed E-state index contributed by atoms with van der Waals surface area (Å²) in [4.78, 5) is 24.0. The van der Waals surface area contributed by atoms with Gasteiger partial charge in [0.15, 0.2) is 0 Å². The summed E-state index contributed by atoms with van der Waals surface area (Å²) >= 11 is 0. The molecule has 1 aromatic carbocycles. The molecule has 2 aliphatic carbocycles. The maximum atomic E-state index is 12.3. The number of Topliss-reactive ketones (excluding diaryl/α,β-unsaturated/α-hetero) is 1. The summed E-state index contributed by atoms with van der Waals surface area (Å²) in [6.07, 6.45) is 12.8. The Hall–Kier alpha value is -2.24. The molecule has 0 bridgehead atoms. The van der Waals surface area contributed by atoms with Crippen LogP contribution < -0.4 is 5.32 Å². The van der Waals surface area contributed by atoms with E-state index >= 15 is 0 Å². The van der Waals surface area contributed by atoms with E-state index in [1.807, 2.05) is 42.5 Å². The van der Waals surface area contributed by atoms with Crippen LogP contribution in [0.5, 0.6) is 0 Å². The number of benzene rings is 1. The van der Waals surface area contributed by atoms with E-state index in [-0.39, 0.29) is 29.9 Å². The number of carbonyl (C=O) groups excluding carboxylic acids is 2. The fourth-order valence-electron chi connectivity index (χ4n) is 4.11. The third kappa shape index (κ3) is 8.08. The predicted molar refractivity (Wildman–Crippen MR) is 121 cm³/mol. The number of ketones is 1. The summed E-state index contributed by atoms with van der Waals surface area (Å²) < 4.78 is 0. The molecule has 0 radical (unpaired) electrons. The monoisotopic (exact) mass is 425 g/mol. The number of aryl methyl sites for hydroxylation is 1. The van der Waals surface area contributed by atoms with Crippen LogP contribution >= 0.6 is 0 Å². The van der Waals surface area contributed by atoms with Crippen molar-refractivity contribution in [2.24, 2.45) is 11.8 Å². The third-order valence-corrected chi connectivity index (χ3v) is 6.14. The van der Waals surface area contributed by atoms with Crippen LogP contribution in [-0.4, -0.2) is 40.2 Å². The van der Waals surface area contributed by atoms with E-state index in [0.29, 0.717) is 25.3 Å². The first-order valence-electron chi connectivity index (χ1n) is 11.6. The lowest BCUT2D eigenvalue weighted by Gasteiger charge is -2.17. The van der Waals surface area contributed by atoms with Crippen LogP contribution in [0.25, 0.3) is 0 Å². The van der Waals surface area contributed by atoms with Crippen molar-refractivity contribution in [1.29, 1.82) is 0 Å². The minimum Gasteiger partial charge on any atom is -0.392 e. The highest BCUT2D eigenvalue weighted by Crippen LogP contribution is 2.33. The van der Waals surface area contributed by atoms with Gasteiger partial charge in [0, 0.05) is 30.7 Å². The number of aliphatic hydroxyl groups excluding tert-OH is 2. The van der Waals surface area contributed by atoms with Gasteiger partial charge in [-0.25, -0.2) is 0 Å². The molecule has 5 nitrogen and oxygen atoms in total. The van der Waals surface area contributed by atoms with E-state index in [4.69, 9.17) is 0 Å². The third-order valence-electron chi connectivity index (χ3n) is 6.14. The van der Waals surface area contributed by atoms with Crippen molar-refractivity contribution in [3.8, 4) is 0 Å². The molecule has 3 N–H and O–H groups in total. The second-order valence-electron chi connectivity index (χ2n) is 8.85. The fourth-order valence-corrected chi connectivity index (χ4v) is 4.11. The van der Waals surface area contributed by atoms with Crippen molar-refractivity contribution in [3.05, 3.63) is 60.2 Å². The summed E-state index contributed by atoms with van der Waals surface area (Å²) in [5.74, 6) is -0.340. The topological polar surface area (TPSA) is 86.6 Å². The molecule has 0 heterocycles. The maximum absolute atomic E-state index is 12.3. The van der Waals surface area contributed by atoms with Crippen molar-refractivity contribution in [1.82, 2.24) is 5.32 Å². The van der Waals surface area contributed by atoms with Gasteiger partial charge >= 0.3 is 0 Å². The molecular weight excluding hydrogens is 390 g/mol. The van der Waals surface area contributed by atoms with E-state index in [1.54, 1.807) is 12.2 Å². The van der Waals surface area contributed by atoms with Crippen molar-refractivity contribution in [2.75, 3.05) is 0 Å². The molecule has 2 aliphatic rings. The SMILES string of the molecule is O=C(CCCC=CCC1[C@@H](O)CC(=O)[C@@H]1C=C[C@@H](O)CCc1ccccc1)NC1CC1. The zero-order chi connectivity index (χ0) is 22.1. The Balaban J connectivity index is 1.40. The first kappa shape index (κ1) is 23.4. The molecule has 0 aliphatic heterocycles. The second-order valence-corrected chi connectivity index (χ2v) is 8.85. The molecule has 4 atom stereocenters. The number of hydrogen-bond donors (Lipinski definition) is 3. The molecule has 0 spiro atoms. The minimum absolute atomic E-state index is 0.0363. The Kier molecular flexibility index (Phi) is 9.04. The molecule has 1 aromatic rings. The average molecular weight is 426 g/mol. The summed E-state index contributed by atoms with van der Waals surface area (Å²) in [5, 5.41) is 23.6. The normalized spacial score (nSPS) is 24.8. The van der Waals surface area contributed by atoms with Gasteiger partial charge in [-0.1, -0.05) is 54.6 Å². The molecule has 3 rings (SSSR count). The quantitative estimate of drug-likeness (QED) is 0.353. The lowest BCUT2D eigenvalue weighted by atomic mass is 9.90. The second kappa shape index (κ2) is 12.0. The Labute approximate surface area is 185 Å². The molecule has 31 heavy (non-hydrogen) atoms. The first-order valence-corrected chi connectivity index (χ1v) is 11.6. The highest BCUT2D eigenvalue weighted by Gasteiger charge is 2.39. The van der Waals surface area contributed by atoms with Crippen LogP contribution in [0, 0.1) is 11.8 Å². The standard InChI is InChI=1S/C26H35NO4/c28-21(15-12-19-8-4-3-5-9-19)16-17-23-22(24(29)18-25(23)30)10-6-1-2-7-11-26(31)27-20-13-14-20/h1,3-6,8-9,16-17,20-24,28-29H,2,7,10-15,18H2,(H,27,31)/t21-,22?,23+,24-/m0/s1. The fraction of sp³-hybridized carbons (Fsp3) is 0.538. The zero-order valence-electron chi connectivity index (χ0n) is 18.2. The smallest absolute Gasteiger partial charge is 0.220 e. The van der Waals surface area contributed by atoms with E-state index < -0.39 is 12.2 Å². The molecule has 5 heteroatoms. The number of carbonyl (C=O) groups is 2. The molecule has 1 unspecified atom stereocenters. The van der Waals surface area contributed by atoms with Gasteiger partial charge in [0.1, 0.15) is 5.78 Å². The number of rotatable bonds is 12. The molecular formula is C26H35NO4. The van der Waals surface area contributed by atoms with Gasteiger partial charge in [-0.3, -0.25) is 9.59 Å². The van der Waals surface area contributed by atoms with Crippen molar-refractivity contribution < 1.29 is 19.8 Å². The number of aliphatic hydroxyl groups is 2. The Bertz CT molecular complexity index is 769. The van der Waals surface area contributed by atoms with Crippen molar-refractivity contribution in [2.45, 2.75) is 76.0 Å². The van der Waals surface area contributed by atoms with Gasteiger partial charge in [-0.2, -0.15) is 0 Å². The lowest BCUT2D eigenvalue weighted by Crippen LogP contribution is -2.24. The van der Waals surface area contributed by atoms with Crippen LogP contribution in [0.4, 0.5) is 0 Å². The molecule has 1 amide bonds. The first-order chi connectivity index (χ1) is 15.0. The van der Waals surface area contributed by atoms with Crippen LogP contribution in [0.2, 0.25) is 0 Å². The van der Waals surface area contributed by atoms with Gasteiger partial charge in [0.2, 0.25) is 5.91 Å². The highest BCUT2D eigenvalue weighted by atomic mass is 16.3. The van der Waals surface area contributed by atoms with Crippen molar-refractivity contribution >= 4 is 11.7 Å². The molecule has 2 saturated carbocycles. The summed E-state index contributed by atoms with van der Waals surface area (Å²) in [7, 11) is 0. The average Bonchev–Trinajstić information content (AvgIpc) is 3.52. The molecule has 2 fully saturated rings. The van der Waals surface area contributed by atoms with Crippen LogP contribution in [-0.2, 0) is 16.0 Å². The molecule has 0 saturated heterocycles. The van der Waals surface area contributed by atoms with Gasteiger partial charge in [0.05, 0.1) is 12.2 Å². The van der Waals surface area contributed by atoms with E-state index in [9.17, 15) is 19.8 Å². The number of amides is 1. The van der Waals surface area contributed by atoms with E-state index in [0.717, 1.165) is 32.1 Å². The molecule has 0 aromatic heterocycles. The van der Waals surface area contributed by atoms with Crippen LogP contribution in [0.3, 0.4) is 0 Å². The van der Waals surface area contributed by atoms with Crippen LogP contribution in [0.15, 0.2) is 54.6 Å². The van der Waals surface area contributed by atoms with E-state index in [1.165, 1.54) is 5.56 Å². The Morgan fingerprint density at radius 2 is 1.97 bits per heavy atom. The zero-order valence-corrected chi connectivity index (χ0v) is 18.2. The number of nitrogens with one attached hydrogen (secondary N) is 1. The van der Waals surface area contributed by atoms with Gasteiger partial charge in [0.25, 0.3) is 0 Å². The van der Waals surface area contributed by atoms with E-state index in [2.05, 4.69) is 5.32 Å². The van der Waals surface area contributed by atoms with Gasteiger partial charge < -0.3 is 15.5 Å². The van der Waals surface area contributed by atoms with Gasteiger partial charge in [-0.15, -0.1) is 0 Å². The number of hydrogen-bond acceptors (Lipinski definition) is 4. The summed E-state index contributed by atoms with van der Waals surface area (Å²) in [6, 6.07) is 10.4. The highest BCUT2D eigenvalue weighted by molar-refractivity contribution is 5.86. The Morgan fingerprint density at radius 3 is 2.71 bits per heavy atom. The Morgan fingerprint density at radius 1 is 1.19 bits per heavy atom. The predicted octanol–water partition coefficient (Wildman–Crippen LogP) is 3.50.